The third kappa shape index (κ3) is 4.00. The van der Waals surface area contributed by atoms with Gasteiger partial charge in [0.1, 0.15) is 5.71 Å². The average Bonchev–Trinajstić information content (AvgIpc) is 3.41. The average molecular weight is 581 g/mol. The van der Waals surface area contributed by atoms with Crippen molar-refractivity contribution < 1.29 is 14.4 Å². The van der Waals surface area contributed by atoms with Crippen molar-refractivity contribution in [1.29, 1.82) is 0 Å². The Kier molecular flexibility index (Phi) is 6.68. The molecule has 186 valence electrons. The molecule has 0 amide bonds. The molecule has 2 unspecified atom stereocenters. The van der Waals surface area contributed by atoms with E-state index in [2.05, 4.69) is 57.1 Å². The lowest BCUT2D eigenvalue weighted by Crippen LogP contribution is -2.57. The number of oxime groups is 2. The molecule has 3 aliphatic rings. The lowest BCUT2D eigenvalue weighted by atomic mass is 9.80. The molecule has 0 aromatic heterocycles. The zero-order valence-corrected chi connectivity index (χ0v) is 23.6. The summed E-state index contributed by atoms with van der Waals surface area (Å²) >= 11 is 16.9. The topological polar surface area (TPSA) is 55.7 Å². The van der Waals surface area contributed by atoms with E-state index in [1.165, 1.54) is 0 Å². The van der Waals surface area contributed by atoms with Crippen LogP contribution in [0.2, 0.25) is 10.0 Å². The molecule has 0 aliphatic carbocycles. The van der Waals surface area contributed by atoms with Crippen molar-refractivity contribution in [2.24, 2.45) is 10.3 Å². The fraction of sp³-hybridized carbons (Fsp3) is 0.462. The van der Waals surface area contributed by atoms with E-state index in [0.717, 1.165) is 67.9 Å². The van der Waals surface area contributed by atoms with Gasteiger partial charge in [0.2, 0.25) is 11.8 Å². The van der Waals surface area contributed by atoms with Gasteiger partial charge in [-0.3, -0.25) is 4.90 Å². The summed E-state index contributed by atoms with van der Waals surface area (Å²) in [5.41, 5.74) is 7.55. The molecule has 1 spiro atoms. The van der Waals surface area contributed by atoms with Gasteiger partial charge in [0.15, 0.2) is 0 Å². The van der Waals surface area contributed by atoms with Crippen LogP contribution in [0, 0.1) is 34.6 Å². The largest absolute Gasteiger partial charge is 0.379 e. The predicted molar refractivity (Wildman–Crippen MR) is 143 cm³/mol. The highest BCUT2D eigenvalue weighted by molar-refractivity contribution is 9.10. The van der Waals surface area contributed by atoms with E-state index in [9.17, 15) is 0 Å². The van der Waals surface area contributed by atoms with Gasteiger partial charge in [-0.2, -0.15) is 0 Å². The van der Waals surface area contributed by atoms with Crippen LogP contribution >= 0.6 is 39.1 Å². The fourth-order valence-electron chi connectivity index (χ4n) is 5.53. The fourth-order valence-corrected chi connectivity index (χ4v) is 6.65. The number of rotatable bonds is 3. The number of benzene rings is 2. The van der Waals surface area contributed by atoms with E-state index in [4.69, 9.17) is 37.6 Å². The van der Waals surface area contributed by atoms with E-state index < -0.39 is 11.8 Å². The first kappa shape index (κ1) is 25.0. The number of ether oxygens (including phenoxy) is 1. The van der Waals surface area contributed by atoms with Gasteiger partial charge in [0.25, 0.3) is 0 Å². The number of halogens is 3. The van der Waals surface area contributed by atoms with Gasteiger partial charge in [-0.05, 0) is 74.6 Å². The second-order valence-electron chi connectivity index (χ2n) is 9.53. The molecule has 0 bridgehead atoms. The molecule has 6 nitrogen and oxygen atoms in total. The highest BCUT2D eigenvalue weighted by Crippen LogP contribution is 2.44. The summed E-state index contributed by atoms with van der Waals surface area (Å²) in [4.78, 5) is 14.8. The van der Waals surface area contributed by atoms with Gasteiger partial charge in [-0.25, -0.2) is 0 Å². The van der Waals surface area contributed by atoms with E-state index in [1.54, 1.807) is 0 Å². The van der Waals surface area contributed by atoms with Gasteiger partial charge < -0.3 is 14.4 Å². The molecule has 0 saturated carbocycles. The van der Waals surface area contributed by atoms with Crippen molar-refractivity contribution in [3.05, 3.63) is 65.6 Å². The minimum atomic E-state index is -0.904. The summed E-state index contributed by atoms with van der Waals surface area (Å²) in [6, 6.07) is 4.18. The maximum Gasteiger partial charge on any atom is 0.241 e. The molecule has 3 aliphatic heterocycles. The second-order valence-corrected chi connectivity index (χ2v) is 11.2. The predicted octanol–water partition coefficient (Wildman–Crippen LogP) is 6.25. The van der Waals surface area contributed by atoms with Crippen LogP contribution in [0.5, 0.6) is 0 Å². The monoisotopic (exact) mass is 579 g/mol. The highest BCUT2D eigenvalue weighted by atomic mass is 79.9. The second kappa shape index (κ2) is 9.34. The van der Waals surface area contributed by atoms with Crippen molar-refractivity contribution >= 4 is 50.6 Å². The summed E-state index contributed by atoms with van der Waals surface area (Å²) in [7, 11) is 0. The molecule has 0 radical (unpaired) electrons. The zero-order valence-electron chi connectivity index (χ0n) is 20.5. The molecule has 2 aromatic carbocycles. The first-order valence-electron chi connectivity index (χ1n) is 11.7. The summed E-state index contributed by atoms with van der Waals surface area (Å²) in [6.45, 7) is 12.8. The molecule has 0 N–H and O–H groups in total. The summed E-state index contributed by atoms with van der Waals surface area (Å²) in [5.74, 6) is 0. The number of hydrogen-bond donors (Lipinski definition) is 0. The SMILES string of the molecule is Cc1cc(Br)cc(C)c1C1=NOC(N2CCOCC2)C12CC(c1c(C)c(Cl)c(C)c(Cl)c1C)=NO2. The van der Waals surface area contributed by atoms with Crippen LogP contribution in [0.4, 0.5) is 0 Å². The van der Waals surface area contributed by atoms with Crippen LogP contribution in [0.1, 0.15) is 45.4 Å². The van der Waals surface area contributed by atoms with Crippen LogP contribution in [-0.4, -0.2) is 54.5 Å². The van der Waals surface area contributed by atoms with Gasteiger partial charge in [-0.1, -0.05) is 49.4 Å². The van der Waals surface area contributed by atoms with Crippen molar-refractivity contribution in [2.45, 2.75) is 52.9 Å². The number of nitrogens with zero attached hydrogens (tertiary/aromatic N) is 3. The van der Waals surface area contributed by atoms with Crippen LogP contribution in [0.15, 0.2) is 26.9 Å². The third-order valence-electron chi connectivity index (χ3n) is 7.26. The van der Waals surface area contributed by atoms with Crippen molar-refractivity contribution in [3.8, 4) is 0 Å². The van der Waals surface area contributed by atoms with E-state index in [-0.39, 0.29) is 0 Å². The van der Waals surface area contributed by atoms with Crippen LogP contribution in [0.25, 0.3) is 0 Å². The standard InChI is InChI=1S/C26H28BrCl2N3O3/c1-13-10-18(27)11-14(2)20(13)24-26(25(34-31-24)32-6-8-33-9-7-32)12-19(30-35-26)21-15(3)22(28)17(5)23(29)16(21)4/h10-11,25H,6-9,12H2,1-5H3. The minimum Gasteiger partial charge on any atom is -0.379 e. The molecule has 5 rings (SSSR count). The molecule has 35 heavy (non-hydrogen) atoms. The Labute approximate surface area is 224 Å². The number of aryl methyl sites for hydroxylation is 2. The number of morpholine rings is 1. The highest BCUT2D eigenvalue weighted by Gasteiger charge is 2.60. The van der Waals surface area contributed by atoms with E-state index >= 15 is 0 Å². The normalized spacial score (nSPS) is 24.4. The molecule has 2 aromatic rings. The molecular formula is C26H28BrCl2N3O3. The molecule has 9 heteroatoms. The van der Waals surface area contributed by atoms with Crippen molar-refractivity contribution in [3.63, 3.8) is 0 Å². The lowest BCUT2D eigenvalue weighted by molar-refractivity contribution is -0.159. The summed E-state index contributed by atoms with van der Waals surface area (Å²) < 4.78 is 6.62. The smallest absolute Gasteiger partial charge is 0.241 e. The Balaban J connectivity index is 1.62. The first-order chi connectivity index (χ1) is 16.7. The first-order valence-corrected chi connectivity index (χ1v) is 13.2. The molecular weight excluding hydrogens is 553 g/mol. The molecule has 1 fully saturated rings. The Morgan fingerprint density at radius 3 is 2.11 bits per heavy atom. The van der Waals surface area contributed by atoms with Crippen LogP contribution in [0.3, 0.4) is 0 Å². The minimum absolute atomic E-state index is 0.429. The molecule has 2 atom stereocenters. The van der Waals surface area contributed by atoms with Gasteiger partial charge in [0.05, 0.1) is 18.9 Å². The van der Waals surface area contributed by atoms with Gasteiger partial charge >= 0.3 is 0 Å². The van der Waals surface area contributed by atoms with Crippen molar-refractivity contribution in [2.75, 3.05) is 26.3 Å². The lowest BCUT2D eigenvalue weighted by Gasteiger charge is -2.37. The quantitative estimate of drug-likeness (QED) is 0.430. The number of hydrogen-bond acceptors (Lipinski definition) is 6. The summed E-state index contributed by atoms with van der Waals surface area (Å²) in [5, 5.41) is 10.6. The van der Waals surface area contributed by atoms with Crippen LogP contribution < -0.4 is 0 Å². The Morgan fingerprint density at radius 1 is 0.914 bits per heavy atom. The Hall–Kier alpha value is -1.64. The van der Waals surface area contributed by atoms with Gasteiger partial charge in [-0.15, -0.1) is 0 Å². The van der Waals surface area contributed by atoms with E-state index in [0.29, 0.717) is 29.7 Å². The Morgan fingerprint density at radius 2 is 1.51 bits per heavy atom. The van der Waals surface area contributed by atoms with E-state index in [1.807, 2.05) is 20.8 Å². The van der Waals surface area contributed by atoms with Gasteiger partial charge in [0, 0.05) is 45.2 Å². The van der Waals surface area contributed by atoms with Crippen LogP contribution in [-0.2, 0) is 14.4 Å². The molecule has 3 heterocycles. The third-order valence-corrected chi connectivity index (χ3v) is 8.85. The van der Waals surface area contributed by atoms with Crippen molar-refractivity contribution in [1.82, 2.24) is 4.90 Å². The maximum atomic E-state index is 6.67. The molecule has 1 saturated heterocycles. The summed E-state index contributed by atoms with van der Waals surface area (Å²) in [6.07, 6.45) is 0.0577. The zero-order chi connectivity index (χ0) is 25.1. The Bertz CT molecular complexity index is 1220. The maximum absolute atomic E-state index is 6.67.